The van der Waals surface area contributed by atoms with Crippen LogP contribution in [0.2, 0.25) is 5.02 Å². The van der Waals surface area contributed by atoms with Gasteiger partial charge in [-0.2, -0.15) is 0 Å². The van der Waals surface area contributed by atoms with Gasteiger partial charge in [0.25, 0.3) is 0 Å². The summed E-state index contributed by atoms with van der Waals surface area (Å²) in [5.41, 5.74) is 1.73. The third kappa shape index (κ3) is 2.51. The van der Waals surface area contributed by atoms with Crippen LogP contribution in [-0.4, -0.2) is 19.6 Å². The fourth-order valence-electron chi connectivity index (χ4n) is 2.55. The Morgan fingerprint density at radius 3 is 2.65 bits per heavy atom. The van der Waals surface area contributed by atoms with E-state index in [2.05, 4.69) is 15.1 Å². The normalized spacial score (nSPS) is 11.4. The topological polar surface area (TPSA) is 43.1 Å². The summed E-state index contributed by atoms with van der Waals surface area (Å²) < 4.78 is 28.1. The monoisotopic (exact) mass is 330 g/mol. The fourth-order valence-corrected chi connectivity index (χ4v) is 2.80. The maximum Gasteiger partial charge on any atom is 0.168 e. The quantitative estimate of drug-likeness (QED) is 0.561. The first-order chi connectivity index (χ1) is 11.1. The molecule has 114 valence electrons. The number of benzene rings is 2. The molecule has 23 heavy (non-hydrogen) atoms. The molecule has 0 amide bonds. The number of hydrogen-bond acceptors (Lipinski definition) is 3. The minimum absolute atomic E-state index is 0.211. The van der Waals surface area contributed by atoms with Crippen molar-refractivity contribution in [2.24, 2.45) is 0 Å². The number of rotatable bonds is 2. The zero-order valence-corrected chi connectivity index (χ0v) is 12.4. The Morgan fingerprint density at radius 1 is 1.09 bits per heavy atom. The van der Waals surface area contributed by atoms with Crippen LogP contribution in [0.15, 0.2) is 42.7 Å². The van der Waals surface area contributed by atoms with Gasteiger partial charge >= 0.3 is 0 Å². The second-order valence-electron chi connectivity index (χ2n) is 5.13. The van der Waals surface area contributed by atoms with Crippen LogP contribution in [0.5, 0.6) is 0 Å². The van der Waals surface area contributed by atoms with Crippen molar-refractivity contribution in [3.8, 4) is 0 Å². The molecule has 4 aromatic rings. The minimum Gasteiger partial charge on any atom is -0.236 e. The van der Waals surface area contributed by atoms with E-state index < -0.39 is 11.6 Å². The molecule has 0 radical (unpaired) electrons. The fraction of sp³-hybridized carbons (Fsp3) is 0.0625. The van der Waals surface area contributed by atoms with Crippen molar-refractivity contribution in [2.75, 3.05) is 0 Å². The predicted octanol–water partition coefficient (Wildman–Crippen LogP) is 3.80. The molecule has 0 unspecified atom stereocenters. The molecule has 0 aliphatic carbocycles. The molecule has 0 saturated heterocycles. The molecule has 0 atom stereocenters. The number of hydrogen-bond donors (Lipinski definition) is 0. The highest BCUT2D eigenvalue weighted by Crippen LogP contribution is 2.25. The first-order valence-corrected chi connectivity index (χ1v) is 7.21. The van der Waals surface area contributed by atoms with Gasteiger partial charge in [-0.1, -0.05) is 17.7 Å². The lowest BCUT2D eigenvalue weighted by molar-refractivity contribution is 0.580. The number of fused-ring (bicyclic) bond motifs is 3. The number of nitrogens with zero attached hydrogens (tertiary/aromatic N) is 4. The van der Waals surface area contributed by atoms with Gasteiger partial charge in [0.2, 0.25) is 0 Å². The van der Waals surface area contributed by atoms with Gasteiger partial charge in [0.1, 0.15) is 18.0 Å². The third-order valence-electron chi connectivity index (χ3n) is 3.48. The van der Waals surface area contributed by atoms with Gasteiger partial charge in [-0.15, -0.1) is 5.10 Å². The average Bonchev–Trinajstić information content (AvgIpc) is 2.88. The maximum absolute atomic E-state index is 13.3. The Labute approximate surface area is 134 Å². The molecule has 4 rings (SSSR count). The largest absolute Gasteiger partial charge is 0.236 e. The van der Waals surface area contributed by atoms with Crippen molar-refractivity contribution >= 4 is 28.2 Å². The first kappa shape index (κ1) is 14.0. The molecule has 2 heterocycles. The predicted molar refractivity (Wildman–Crippen MR) is 82.5 cm³/mol. The zero-order valence-electron chi connectivity index (χ0n) is 11.7. The third-order valence-corrected chi connectivity index (χ3v) is 3.80. The van der Waals surface area contributed by atoms with E-state index in [-0.39, 0.29) is 6.42 Å². The van der Waals surface area contributed by atoms with E-state index in [4.69, 9.17) is 11.6 Å². The van der Waals surface area contributed by atoms with Crippen LogP contribution in [0.3, 0.4) is 0 Å². The van der Waals surface area contributed by atoms with Crippen molar-refractivity contribution in [3.05, 3.63) is 70.8 Å². The summed E-state index contributed by atoms with van der Waals surface area (Å²) >= 11 is 6.23. The van der Waals surface area contributed by atoms with Crippen LogP contribution in [0, 0.1) is 11.6 Å². The lowest BCUT2D eigenvalue weighted by atomic mass is 10.1. The van der Waals surface area contributed by atoms with E-state index in [1.54, 1.807) is 12.1 Å². The maximum atomic E-state index is 13.3. The average molecular weight is 331 g/mol. The summed E-state index contributed by atoms with van der Waals surface area (Å²) in [4.78, 5) is 8.71. The second-order valence-corrected chi connectivity index (χ2v) is 5.54. The van der Waals surface area contributed by atoms with Crippen LogP contribution in [0.25, 0.3) is 16.6 Å². The van der Waals surface area contributed by atoms with Crippen molar-refractivity contribution in [2.45, 2.75) is 6.42 Å². The Kier molecular flexibility index (Phi) is 3.20. The zero-order chi connectivity index (χ0) is 16.0. The molecule has 0 aliphatic rings. The van der Waals surface area contributed by atoms with Gasteiger partial charge in [0, 0.05) is 12.5 Å². The standard InChI is InChI=1S/C16H9ClF2N4/c17-12-2-1-3-13-15(12)16-21-14(22-23(16)8-20-13)6-9-4-10(18)7-11(19)5-9/h1-5,7-8H,6H2. The molecular weight excluding hydrogens is 322 g/mol. The number of halogens is 3. The van der Waals surface area contributed by atoms with Crippen LogP contribution in [-0.2, 0) is 6.42 Å². The van der Waals surface area contributed by atoms with E-state index in [1.165, 1.54) is 23.0 Å². The molecule has 7 heteroatoms. The van der Waals surface area contributed by atoms with Crippen molar-refractivity contribution in [3.63, 3.8) is 0 Å². The molecule has 0 saturated carbocycles. The minimum atomic E-state index is -0.626. The van der Waals surface area contributed by atoms with Gasteiger partial charge in [0.15, 0.2) is 11.5 Å². The summed E-state index contributed by atoms with van der Waals surface area (Å²) in [5, 5.41) is 5.52. The lowest BCUT2D eigenvalue weighted by Gasteiger charge is -1.99. The van der Waals surface area contributed by atoms with Crippen LogP contribution >= 0.6 is 11.6 Å². The molecule has 0 aliphatic heterocycles. The second kappa shape index (κ2) is 5.24. The number of aromatic nitrogens is 4. The Bertz CT molecular complexity index is 1020. The molecule has 2 aromatic carbocycles. The Morgan fingerprint density at radius 2 is 1.87 bits per heavy atom. The van der Waals surface area contributed by atoms with Gasteiger partial charge < -0.3 is 0 Å². The highest BCUT2D eigenvalue weighted by Gasteiger charge is 2.12. The highest BCUT2D eigenvalue weighted by molar-refractivity contribution is 6.36. The summed E-state index contributed by atoms with van der Waals surface area (Å²) in [7, 11) is 0. The summed E-state index contributed by atoms with van der Waals surface area (Å²) in [6.45, 7) is 0. The van der Waals surface area contributed by atoms with Crippen molar-refractivity contribution in [1.29, 1.82) is 0 Å². The van der Waals surface area contributed by atoms with Crippen LogP contribution < -0.4 is 0 Å². The molecule has 0 bridgehead atoms. The molecule has 4 nitrogen and oxygen atoms in total. The van der Waals surface area contributed by atoms with Crippen LogP contribution in [0.1, 0.15) is 11.4 Å². The molecule has 0 spiro atoms. The van der Waals surface area contributed by atoms with Gasteiger partial charge in [-0.05, 0) is 29.8 Å². The van der Waals surface area contributed by atoms with E-state index in [0.717, 1.165) is 6.07 Å². The van der Waals surface area contributed by atoms with Gasteiger partial charge in [0.05, 0.1) is 15.9 Å². The summed E-state index contributed by atoms with van der Waals surface area (Å²) in [6, 6.07) is 8.74. The van der Waals surface area contributed by atoms with Gasteiger partial charge in [-0.25, -0.2) is 23.3 Å². The van der Waals surface area contributed by atoms with Crippen molar-refractivity contribution < 1.29 is 8.78 Å². The van der Waals surface area contributed by atoms with E-state index >= 15 is 0 Å². The van der Waals surface area contributed by atoms with Gasteiger partial charge in [-0.3, -0.25) is 0 Å². The first-order valence-electron chi connectivity index (χ1n) is 6.83. The Hall–Kier alpha value is -2.60. The smallest absolute Gasteiger partial charge is 0.168 e. The molecule has 2 aromatic heterocycles. The molecule has 0 fully saturated rings. The summed E-state index contributed by atoms with van der Waals surface area (Å²) in [5.74, 6) is -0.818. The van der Waals surface area contributed by atoms with Crippen molar-refractivity contribution in [1.82, 2.24) is 19.6 Å². The van der Waals surface area contributed by atoms with Crippen LogP contribution in [0.4, 0.5) is 8.78 Å². The van der Waals surface area contributed by atoms with E-state index in [9.17, 15) is 8.78 Å². The van der Waals surface area contributed by atoms with E-state index in [0.29, 0.717) is 33.0 Å². The molecule has 0 N–H and O–H groups in total. The SMILES string of the molecule is Fc1cc(F)cc(Cc2nc3c4c(Cl)cccc4ncn3n2)c1. The van der Waals surface area contributed by atoms with E-state index in [1.807, 2.05) is 6.07 Å². The lowest BCUT2D eigenvalue weighted by Crippen LogP contribution is -1.94. The molecular formula is C16H9ClF2N4. The Balaban J connectivity index is 1.84. The highest BCUT2D eigenvalue weighted by atomic mass is 35.5. The summed E-state index contributed by atoms with van der Waals surface area (Å²) in [6.07, 6.45) is 1.75.